The Bertz CT molecular complexity index is 324. The predicted octanol–water partition coefficient (Wildman–Crippen LogP) is 2.15. The quantitative estimate of drug-likeness (QED) is 0.569. The minimum Gasteiger partial charge on any atom is -0.303 e. The maximum Gasteiger partial charge on any atom is 0.179 e. The Hall–Kier alpha value is -1.01. The Morgan fingerprint density at radius 3 is 3.33 bits per heavy atom. The number of fused-ring (bicyclic) bond motifs is 1. The van der Waals surface area contributed by atoms with Crippen LogP contribution in [0.25, 0.3) is 0 Å². The number of rotatable bonds is 0. The van der Waals surface area contributed by atoms with Crippen LogP contribution in [-0.4, -0.2) is 11.4 Å². The van der Waals surface area contributed by atoms with Crippen molar-refractivity contribution in [3.63, 3.8) is 0 Å². The molecule has 0 radical (unpaired) electrons. The van der Waals surface area contributed by atoms with Crippen LogP contribution in [0.1, 0.15) is 23.4 Å². The summed E-state index contributed by atoms with van der Waals surface area (Å²) in [5, 5.41) is 10.9. The van der Waals surface area contributed by atoms with E-state index in [1.807, 2.05) is 4.90 Å². The molecule has 1 atom stereocenters. The summed E-state index contributed by atoms with van der Waals surface area (Å²) in [6, 6.07) is 2.42. The zero-order chi connectivity index (χ0) is 8.55. The minimum absolute atomic E-state index is 0.282. The second kappa shape index (κ2) is 2.80. The van der Waals surface area contributed by atoms with Gasteiger partial charge in [-0.1, -0.05) is 0 Å². The topological polar surface area (TPSA) is 27.0 Å². The molecule has 0 fully saturated rings. The van der Waals surface area contributed by atoms with Crippen molar-refractivity contribution in [1.82, 2.24) is 4.90 Å². The molecule has 12 heavy (non-hydrogen) atoms. The van der Waals surface area contributed by atoms with Gasteiger partial charge in [0.1, 0.15) is 0 Å². The van der Waals surface area contributed by atoms with Crippen molar-refractivity contribution in [2.75, 3.05) is 6.54 Å². The average molecular weight is 178 g/mol. The molecule has 2 rings (SSSR count). The molecule has 3 heteroatoms. The maximum atomic E-state index is 8.80. The predicted molar refractivity (Wildman–Crippen MR) is 48.8 cm³/mol. The molecule has 0 saturated carbocycles. The molecule has 0 amide bonds. The molecule has 0 aliphatic carbocycles. The van der Waals surface area contributed by atoms with Crippen molar-refractivity contribution < 1.29 is 0 Å². The van der Waals surface area contributed by atoms with E-state index >= 15 is 0 Å². The molecule has 0 N–H and O–H groups in total. The van der Waals surface area contributed by atoms with Crippen molar-refractivity contribution in [1.29, 1.82) is 5.26 Å². The van der Waals surface area contributed by atoms with E-state index in [2.05, 4.69) is 24.6 Å². The van der Waals surface area contributed by atoms with Gasteiger partial charge in [-0.2, -0.15) is 5.26 Å². The van der Waals surface area contributed by atoms with Crippen molar-refractivity contribution >= 4 is 11.3 Å². The lowest BCUT2D eigenvalue weighted by Gasteiger charge is -2.28. The molecular formula is C9H10N2S. The van der Waals surface area contributed by atoms with Gasteiger partial charge in [-0.3, -0.25) is 0 Å². The van der Waals surface area contributed by atoms with Gasteiger partial charge in [0.25, 0.3) is 0 Å². The first-order valence-electron chi connectivity index (χ1n) is 4.05. The van der Waals surface area contributed by atoms with E-state index in [9.17, 15) is 0 Å². The second-order valence-electron chi connectivity index (χ2n) is 3.02. The van der Waals surface area contributed by atoms with Gasteiger partial charge in [0, 0.05) is 17.8 Å². The third kappa shape index (κ3) is 0.997. The normalized spacial score (nSPS) is 21.7. The van der Waals surface area contributed by atoms with Gasteiger partial charge in [-0.15, -0.1) is 11.3 Å². The lowest BCUT2D eigenvalue weighted by Crippen LogP contribution is -2.28. The molecule has 2 heterocycles. The van der Waals surface area contributed by atoms with E-state index in [1.54, 1.807) is 11.3 Å². The van der Waals surface area contributed by atoms with Crippen molar-refractivity contribution in [3.8, 4) is 6.19 Å². The average Bonchev–Trinajstić information content (AvgIpc) is 2.53. The maximum absolute atomic E-state index is 8.80. The fourth-order valence-corrected chi connectivity index (χ4v) is 2.61. The first-order valence-corrected chi connectivity index (χ1v) is 4.93. The number of nitriles is 1. The monoisotopic (exact) mass is 178 g/mol. The second-order valence-corrected chi connectivity index (χ2v) is 4.02. The Labute approximate surface area is 76.0 Å². The number of hydrogen-bond acceptors (Lipinski definition) is 3. The summed E-state index contributed by atoms with van der Waals surface area (Å²) in [5.74, 6) is 0. The highest BCUT2D eigenvalue weighted by atomic mass is 32.1. The van der Waals surface area contributed by atoms with Crippen LogP contribution in [0.3, 0.4) is 0 Å². The summed E-state index contributed by atoms with van der Waals surface area (Å²) in [7, 11) is 0. The smallest absolute Gasteiger partial charge is 0.179 e. The van der Waals surface area contributed by atoms with Crippen LogP contribution in [0.15, 0.2) is 11.4 Å². The van der Waals surface area contributed by atoms with E-state index in [0.29, 0.717) is 0 Å². The third-order valence-electron chi connectivity index (χ3n) is 2.41. The molecule has 0 aromatic carbocycles. The third-order valence-corrected chi connectivity index (χ3v) is 3.40. The summed E-state index contributed by atoms with van der Waals surface area (Å²) in [4.78, 5) is 3.30. The van der Waals surface area contributed by atoms with Gasteiger partial charge in [-0.05, 0) is 23.9 Å². The van der Waals surface area contributed by atoms with Crippen LogP contribution in [-0.2, 0) is 6.42 Å². The molecule has 0 bridgehead atoms. The van der Waals surface area contributed by atoms with Crippen LogP contribution in [0.5, 0.6) is 0 Å². The Balaban J connectivity index is 2.36. The minimum atomic E-state index is 0.282. The number of nitrogens with zero attached hydrogens (tertiary/aromatic N) is 2. The lowest BCUT2D eigenvalue weighted by molar-refractivity contribution is 0.299. The first kappa shape index (κ1) is 7.63. The van der Waals surface area contributed by atoms with Crippen LogP contribution in [0.2, 0.25) is 0 Å². The summed E-state index contributed by atoms with van der Waals surface area (Å²) in [6.07, 6.45) is 3.25. The van der Waals surface area contributed by atoms with E-state index in [4.69, 9.17) is 5.26 Å². The largest absolute Gasteiger partial charge is 0.303 e. The lowest BCUT2D eigenvalue weighted by atomic mass is 10.0. The van der Waals surface area contributed by atoms with Gasteiger partial charge in [0.2, 0.25) is 0 Å². The summed E-state index contributed by atoms with van der Waals surface area (Å²) >= 11 is 1.81. The fourth-order valence-electron chi connectivity index (χ4n) is 1.65. The molecule has 1 unspecified atom stereocenters. The van der Waals surface area contributed by atoms with E-state index in [1.165, 1.54) is 10.4 Å². The highest BCUT2D eigenvalue weighted by Crippen LogP contribution is 2.31. The SMILES string of the molecule is CC1c2ccsc2CCN1C#N. The first-order chi connectivity index (χ1) is 5.83. The molecule has 1 aromatic heterocycles. The van der Waals surface area contributed by atoms with Gasteiger partial charge in [-0.25, -0.2) is 0 Å². The molecule has 1 aliphatic heterocycles. The molecule has 0 saturated heterocycles. The van der Waals surface area contributed by atoms with Gasteiger partial charge < -0.3 is 4.90 Å². The summed E-state index contributed by atoms with van der Waals surface area (Å²) in [5.41, 5.74) is 1.34. The Morgan fingerprint density at radius 2 is 2.58 bits per heavy atom. The molecule has 1 aromatic rings. The van der Waals surface area contributed by atoms with Crippen LogP contribution in [0.4, 0.5) is 0 Å². The van der Waals surface area contributed by atoms with Crippen LogP contribution in [0, 0.1) is 11.5 Å². The van der Waals surface area contributed by atoms with E-state index in [0.717, 1.165) is 13.0 Å². The molecular weight excluding hydrogens is 168 g/mol. The highest BCUT2D eigenvalue weighted by Gasteiger charge is 2.23. The zero-order valence-corrected chi connectivity index (χ0v) is 7.77. The molecule has 0 spiro atoms. The van der Waals surface area contributed by atoms with Gasteiger partial charge in [0.05, 0.1) is 6.04 Å². The Morgan fingerprint density at radius 1 is 1.75 bits per heavy atom. The van der Waals surface area contributed by atoms with Crippen LogP contribution < -0.4 is 0 Å². The molecule has 62 valence electrons. The molecule has 1 aliphatic rings. The fraction of sp³-hybridized carbons (Fsp3) is 0.444. The number of hydrogen-bond donors (Lipinski definition) is 0. The standard InChI is InChI=1S/C9H10N2S/c1-7-8-3-5-12-9(8)2-4-11(7)6-10/h3,5,7H,2,4H2,1H3. The van der Waals surface area contributed by atoms with Crippen molar-refractivity contribution in [2.24, 2.45) is 0 Å². The van der Waals surface area contributed by atoms with E-state index < -0.39 is 0 Å². The van der Waals surface area contributed by atoms with Crippen molar-refractivity contribution in [2.45, 2.75) is 19.4 Å². The van der Waals surface area contributed by atoms with Gasteiger partial charge in [0.15, 0.2) is 6.19 Å². The van der Waals surface area contributed by atoms with E-state index in [-0.39, 0.29) is 6.04 Å². The summed E-state index contributed by atoms with van der Waals surface area (Å²) < 4.78 is 0. The van der Waals surface area contributed by atoms with Gasteiger partial charge >= 0.3 is 0 Å². The van der Waals surface area contributed by atoms with Crippen LogP contribution >= 0.6 is 11.3 Å². The molecule has 2 nitrogen and oxygen atoms in total. The highest BCUT2D eigenvalue weighted by molar-refractivity contribution is 7.10. The number of thiophene rings is 1. The zero-order valence-electron chi connectivity index (χ0n) is 6.95. The van der Waals surface area contributed by atoms with Crippen molar-refractivity contribution in [3.05, 3.63) is 21.9 Å². The summed E-state index contributed by atoms with van der Waals surface area (Å²) in [6.45, 7) is 2.97. The Kier molecular flexibility index (Phi) is 1.78.